The van der Waals surface area contributed by atoms with Crippen LogP contribution in [-0.4, -0.2) is 35.2 Å². The van der Waals surface area contributed by atoms with Gasteiger partial charge in [0.1, 0.15) is 0 Å². The fourth-order valence-corrected chi connectivity index (χ4v) is 1.90. The van der Waals surface area contributed by atoms with Crippen LogP contribution in [0.5, 0.6) is 0 Å². The Labute approximate surface area is 104 Å². The highest BCUT2D eigenvalue weighted by molar-refractivity contribution is 5.34. The van der Waals surface area contributed by atoms with E-state index in [0.717, 1.165) is 18.5 Å². The Hall–Kier alpha value is -1.30. The molecule has 18 heavy (non-hydrogen) atoms. The van der Waals surface area contributed by atoms with Gasteiger partial charge in [0.25, 0.3) is 0 Å². The summed E-state index contributed by atoms with van der Waals surface area (Å²) in [6.45, 7) is -0.437. The second kappa shape index (κ2) is 5.14. The lowest BCUT2D eigenvalue weighted by molar-refractivity contribution is -0.147. The van der Waals surface area contributed by atoms with E-state index in [1.165, 1.54) is 11.1 Å². The molecule has 0 bridgehead atoms. The zero-order valence-electron chi connectivity index (χ0n) is 9.95. The van der Waals surface area contributed by atoms with Gasteiger partial charge in [-0.3, -0.25) is 9.88 Å². The summed E-state index contributed by atoms with van der Waals surface area (Å²) in [5.41, 5.74) is 6.84. The number of nitrogens with zero attached hydrogens (tertiary/aromatic N) is 2. The molecule has 0 aromatic carbocycles. The van der Waals surface area contributed by atoms with Crippen LogP contribution in [0.2, 0.25) is 0 Å². The number of anilines is 1. The van der Waals surface area contributed by atoms with Gasteiger partial charge in [-0.2, -0.15) is 13.2 Å². The predicted molar refractivity (Wildman–Crippen MR) is 63.0 cm³/mol. The zero-order valence-corrected chi connectivity index (χ0v) is 9.95. The van der Waals surface area contributed by atoms with Crippen LogP contribution in [-0.2, 0) is 6.42 Å². The molecule has 1 saturated carbocycles. The Morgan fingerprint density at radius 3 is 2.56 bits per heavy atom. The number of alkyl halides is 3. The molecule has 0 atom stereocenters. The Bertz CT molecular complexity index is 385. The van der Waals surface area contributed by atoms with Crippen molar-refractivity contribution in [1.29, 1.82) is 0 Å². The minimum absolute atomic E-state index is 0.0976. The molecule has 1 heterocycles. The van der Waals surface area contributed by atoms with Crippen molar-refractivity contribution < 1.29 is 13.2 Å². The maximum absolute atomic E-state index is 12.4. The molecule has 0 amide bonds. The lowest BCUT2D eigenvalue weighted by Gasteiger charge is -2.23. The monoisotopic (exact) mass is 259 g/mol. The van der Waals surface area contributed by atoms with Crippen molar-refractivity contribution in [2.75, 3.05) is 18.8 Å². The first-order valence-corrected chi connectivity index (χ1v) is 5.95. The lowest BCUT2D eigenvalue weighted by Crippen LogP contribution is -2.37. The molecule has 1 aliphatic carbocycles. The molecule has 0 spiro atoms. The van der Waals surface area contributed by atoms with Crippen molar-refractivity contribution in [3.63, 3.8) is 0 Å². The number of hydrogen-bond donors (Lipinski definition) is 1. The fraction of sp³-hybridized carbons (Fsp3) is 0.583. The Kier molecular flexibility index (Phi) is 3.75. The number of nitrogens with two attached hydrogens (primary N) is 1. The highest BCUT2D eigenvalue weighted by Gasteiger charge is 2.37. The van der Waals surface area contributed by atoms with Crippen molar-refractivity contribution in [2.24, 2.45) is 0 Å². The van der Waals surface area contributed by atoms with E-state index in [9.17, 15) is 13.2 Å². The third kappa shape index (κ3) is 4.18. The van der Waals surface area contributed by atoms with Gasteiger partial charge in [-0.1, -0.05) is 0 Å². The van der Waals surface area contributed by atoms with Gasteiger partial charge >= 0.3 is 6.18 Å². The Balaban J connectivity index is 1.87. The normalized spacial score (nSPS) is 16.2. The van der Waals surface area contributed by atoms with Crippen LogP contribution >= 0.6 is 0 Å². The van der Waals surface area contributed by atoms with E-state index >= 15 is 0 Å². The van der Waals surface area contributed by atoms with E-state index in [4.69, 9.17) is 5.73 Å². The number of pyridine rings is 1. The summed E-state index contributed by atoms with van der Waals surface area (Å²) in [4.78, 5) is 5.59. The molecule has 2 rings (SSSR count). The van der Waals surface area contributed by atoms with Crippen molar-refractivity contribution in [2.45, 2.75) is 31.5 Å². The Morgan fingerprint density at radius 1 is 1.33 bits per heavy atom. The molecule has 3 nitrogen and oxygen atoms in total. The summed E-state index contributed by atoms with van der Waals surface area (Å²) >= 11 is 0. The number of rotatable bonds is 5. The first-order valence-electron chi connectivity index (χ1n) is 5.95. The molecular formula is C12H16F3N3. The SMILES string of the molecule is Nc1ccc(CCN(CC(F)(F)F)C2CC2)nc1. The summed E-state index contributed by atoms with van der Waals surface area (Å²) in [6, 6.07) is 3.57. The molecule has 100 valence electrons. The minimum atomic E-state index is -4.13. The van der Waals surface area contributed by atoms with E-state index in [0.29, 0.717) is 18.7 Å². The molecule has 1 aliphatic rings. The van der Waals surface area contributed by atoms with E-state index in [-0.39, 0.29) is 6.04 Å². The van der Waals surface area contributed by atoms with Gasteiger partial charge in [-0.25, -0.2) is 0 Å². The van der Waals surface area contributed by atoms with Crippen LogP contribution in [0.15, 0.2) is 18.3 Å². The van der Waals surface area contributed by atoms with Crippen LogP contribution in [0.1, 0.15) is 18.5 Å². The predicted octanol–water partition coefficient (Wildman–Crippen LogP) is 2.23. The molecule has 1 fully saturated rings. The molecule has 0 aliphatic heterocycles. The van der Waals surface area contributed by atoms with Gasteiger partial charge in [0.2, 0.25) is 0 Å². The molecule has 0 saturated heterocycles. The largest absolute Gasteiger partial charge is 0.401 e. The standard InChI is InChI=1S/C12H16F3N3/c13-12(14,15)8-18(11-3-4-11)6-5-10-2-1-9(16)7-17-10/h1-2,7,11H,3-6,8,16H2. The second-order valence-electron chi connectivity index (χ2n) is 4.65. The van der Waals surface area contributed by atoms with E-state index in [1.54, 1.807) is 12.1 Å². The molecule has 2 N–H and O–H groups in total. The summed E-state index contributed by atoms with van der Waals surface area (Å²) < 4.78 is 37.2. The van der Waals surface area contributed by atoms with Gasteiger partial charge in [-0.15, -0.1) is 0 Å². The van der Waals surface area contributed by atoms with Crippen LogP contribution in [0.25, 0.3) is 0 Å². The van der Waals surface area contributed by atoms with Gasteiger partial charge in [0, 0.05) is 24.7 Å². The van der Waals surface area contributed by atoms with E-state index in [2.05, 4.69) is 4.98 Å². The molecule has 1 aromatic rings. The third-order valence-corrected chi connectivity index (χ3v) is 2.95. The number of halogens is 3. The summed E-state index contributed by atoms with van der Waals surface area (Å²) in [6.07, 6.45) is -0.346. The van der Waals surface area contributed by atoms with Crippen molar-refractivity contribution >= 4 is 5.69 Å². The van der Waals surface area contributed by atoms with Crippen LogP contribution < -0.4 is 5.73 Å². The first kappa shape index (κ1) is 13.1. The summed E-state index contributed by atoms with van der Waals surface area (Å²) in [5.74, 6) is 0. The number of nitrogen functional groups attached to an aromatic ring is 1. The smallest absolute Gasteiger partial charge is 0.397 e. The molecule has 0 radical (unpaired) electrons. The van der Waals surface area contributed by atoms with Gasteiger partial charge in [0.15, 0.2) is 0 Å². The Morgan fingerprint density at radius 2 is 2.06 bits per heavy atom. The number of hydrogen-bond acceptors (Lipinski definition) is 3. The fourth-order valence-electron chi connectivity index (χ4n) is 1.90. The van der Waals surface area contributed by atoms with E-state index < -0.39 is 12.7 Å². The average Bonchev–Trinajstić information content (AvgIpc) is 3.08. The maximum atomic E-state index is 12.4. The van der Waals surface area contributed by atoms with Crippen LogP contribution in [0, 0.1) is 0 Å². The van der Waals surface area contributed by atoms with Crippen LogP contribution in [0.3, 0.4) is 0 Å². The average molecular weight is 259 g/mol. The highest BCUT2D eigenvalue weighted by atomic mass is 19.4. The van der Waals surface area contributed by atoms with Gasteiger partial charge < -0.3 is 5.73 Å². The quantitative estimate of drug-likeness (QED) is 0.881. The minimum Gasteiger partial charge on any atom is -0.397 e. The zero-order chi connectivity index (χ0) is 13.2. The van der Waals surface area contributed by atoms with Gasteiger partial charge in [-0.05, 0) is 25.0 Å². The molecule has 1 aromatic heterocycles. The summed E-state index contributed by atoms with van der Waals surface area (Å²) in [5, 5.41) is 0. The molecule has 6 heteroatoms. The van der Waals surface area contributed by atoms with Crippen LogP contribution in [0.4, 0.5) is 18.9 Å². The number of aromatic nitrogens is 1. The highest BCUT2D eigenvalue weighted by Crippen LogP contribution is 2.30. The topological polar surface area (TPSA) is 42.1 Å². The molecule has 0 unspecified atom stereocenters. The first-order chi connectivity index (χ1) is 8.44. The van der Waals surface area contributed by atoms with Gasteiger partial charge in [0.05, 0.1) is 18.4 Å². The molecular weight excluding hydrogens is 243 g/mol. The van der Waals surface area contributed by atoms with Crippen molar-refractivity contribution in [1.82, 2.24) is 9.88 Å². The lowest BCUT2D eigenvalue weighted by atomic mass is 10.2. The van der Waals surface area contributed by atoms with E-state index in [1.807, 2.05) is 0 Å². The maximum Gasteiger partial charge on any atom is 0.401 e. The van der Waals surface area contributed by atoms with Crippen molar-refractivity contribution in [3.8, 4) is 0 Å². The summed E-state index contributed by atoms with van der Waals surface area (Å²) in [7, 11) is 0. The second-order valence-corrected chi connectivity index (χ2v) is 4.65. The third-order valence-electron chi connectivity index (χ3n) is 2.95. The van der Waals surface area contributed by atoms with Crippen molar-refractivity contribution in [3.05, 3.63) is 24.0 Å².